The normalized spacial score (nSPS) is 12.2. The molecule has 1 aliphatic rings. The van der Waals surface area contributed by atoms with E-state index in [0.29, 0.717) is 22.8 Å². The third-order valence-electron chi connectivity index (χ3n) is 2.75. The molecular weight excluding hydrogens is 244 g/mol. The van der Waals surface area contributed by atoms with Gasteiger partial charge in [0.05, 0.1) is 0 Å². The van der Waals surface area contributed by atoms with Gasteiger partial charge in [0, 0.05) is 11.6 Å². The minimum Gasteiger partial charge on any atom is -0.457 e. The Bertz CT molecular complexity index is 623. The summed E-state index contributed by atoms with van der Waals surface area (Å²) in [5, 5.41) is 7.32. The van der Waals surface area contributed by atoms with Crippen molar-refractivity contribution in [3.8, 4) is 23.0 Å². The van der Waals surface area contributed by atoms with Crippen molar-refractivity contribution < 1.29 is 14.2 Å². The van der Waals surface area contributed by atoms with Crippen LogP contribution in [-0.4, -0.2) is 12.6 Å². The zero-order chi connectivity index (χ0) is 13.2. The van der Waals surface area contributed by atoms with Gasteiger partial charge in [-0.2, -0.15) is 0 Å². The van der Waals surface area contributed by atoms with Gasteiger partial charge in [0.25, 0.3) is 0 Å². The van der Waals surface area contributed by atoms with Crippen LogP contribution < -0.4 is 19.9 Å². The van der Waals surface area contributed by atoms with Crippen molar-refractivity contribution in [1.82, 2.24) is 0 Å². The van der Waals surface area contributed by atoms with Crippen molar-refractivity contribution >= 4 is 5.84 Å². The van der Waals surface area contributed by atoms with Gasteiger partial charge in [-0.1, -0.05) is 0 Å². The molecule has 2 aromatic rings. The first-order chi connectivity index (χ1) is 9.22. The summed E-state index contributed by atoms with van der Waals surface area (Å²) in [5.74, 6) is 2.77. The first kappa shape index (κ1) is 11.4. The van der Waals surface area contributed by atoms with Crippen LogP contribution in [0.3, 0.4) is 0 Å². The second kappa shape index (κ2) is 4.53. The highest BCUT2D eigenvalue weighted by Crippen LogP contribution is 2.36. The molecule has 5 nitrogen and oxygen atoms in total. The van der Waals surface area contributed by atoms with Gasteiger partial charge >= 0.3 is 0 Å². The molecule has 0 unspecified atom stereocenters. The molecule has 0 aromatic heterocycles. The minimum absolute atomic E-state index is 0.0367. The first-order valence-electron chi connectivity index (χ1n) is 5.74. The summed E-state index contributed by atoms with van der Waals surface area (Å²) in [6, 6.07) is 12.4. The third kappa shape index (κ3) is 2.30. The van der Waals surface area contributed by atoms with Crippen LogP contribution in [0.4, 0.5) is 0 Å². The molecule has 0 saturated heterocycles. The van der Waals surface area contributed by atoms with Crippen molar-refractivity contribution in [3.05, 3.63) is 48.0 Å². The van der Waals surface area contributed by atoms with Crippen LogP contribution in [0.1, 0.15) is 5.56 Å². The lowest BCUT2D eigenvalue weighted by Gasteiger charge is -2.07. The highest BCUT2D eigenvalue weighted by Gasteiger charge is 2.13. The van der Waals surface area contributed by atoms with Crippen LogP contribution in [0.25, 0.3) is 0 Å². The van der Waals surface area contributed by atoms with E-state index < -0.39 is 0 Å². The molecule has 0 fully saturated rings. The van der Waals surface area contributed by atoms with Crippen LogP contribution in [-0.2, 0) is 0 Å². The van der Waals surface area contributed by atoms with Gasteiger partial charge < -0.3 is 19.9 Å². The largest absolute Gasteiger partial charge is 0.457 e. The quantitative estimate of drug-likeness (QED) is 0.653. The molecule has 0 aliphatic carbocycles. The molecule has 0 atom stereocenters. The Labute approximate surface area is 110 Å². The second-order valence-corrected chi connectivity index (χ2v) is 4.06. The maximum Gasteiger partial charge on any atom is 0.231 e. The molecule has 2 aromatic carbocycles. The van der Waals surface area contributed by atoms with Crippen LogP contribution in [0.15, 0.2) is 42.5 Å². The fourth-order valence-corrected chi connectivity index (χ4v) is 1.78. The third-order valence-corrected chi connectivity index (χ3v) is 2.75. The Morgan fingerprint density at radius 1 is 1.00 bits per heavy atom. The smallest absolute Gasteiger partial charge is 0.231 e. The molecule has 96 valence electrons. The lowest BCUT2D eigenvalue weighted by molar-refractivity contribution is 0.174. The van der Waals surface area contributed by atoms with E-state index in [4.69, 9.17) is 25.4 Å². The van der Waals surface area contributed by atoms with Gasteiger partial charge in [-0.25, -0.2) is 0 Å². The Balaban J connectivity index is 1.79. The zero-order valence-corrected chi connectivity index (χ0v) is 10.1. The fraction of sp³-hybridized carbons (Fsp3) is 0.0714. The molecule has 0 amide bonds. The van der Waals surface area contributed by atoms with E-state index in [2.05, 4.69) is 0 Å². The van der Waals surface area contributed by atoms with Crippen LogP contribution in [0.5, 0.6) is 23.0 Å². The lowest BCUT2D eigenvalue weighted by Crippen LogP contribution is -2.10. The number of rotatable bonds is 3. The molecule has 1 heterocycles. The minimum atomic E-state index is 0.0367. The molecule has 3 N–H and O–H groups in total. The molecule has 0 saturated carbocycles. The van der Waals surface area contributed by atoms with Crippen molar-refractivity contribution in [2.75, 3.05) is 6.79 Å². The van der Waals surface area contributed by atoms with Gasteiger partial charge in [0.15, 0.2) is 11.5 Å². The number of amidine groups is 1. The van der Waals surface area contributed by atoms with E-state index in [1.165, 1.54) is 0 Å². The van der Waals surface area contributed by atoms with Gasteiger partial charge in [-0.05, 0) is 36.4 Å². The maximum atomic E-state index is 7.32. The molecule has 5 heteroatoms. The summed E-state index contributed by atoms with van der Waals surface area (Å²) in [5.41, 5.74) is 6.05. The number of hydrogen-bond donors (Lipinski definition) is 2. The highest BCUT2D eigenvalue weighted by molar-refractivity contribution is 5.94. The number of hydrogen-bond acceptors (Lipinski definition) is 4. The molecule has 3 rings (SSSR count). The summed E-state index contributed by atoms with van der Waals surface area (Å²) in [6.45, 7) is 0.242. The molecule has 0 bridgehead atoms. The van der Waals surface area contributed by atoms with E-state index in [0.717, 1.165) is 5.75 Å². The number of benzene rings is 2. The molecule has 0 spiro atoms. The Kier molecular flexibility index (Phi) is 2.72. The van der Waals surface area contributed by atoms with E-state index >= 15 is 0 Å². The Morgan fingerprint density at radius 3 is 2.42 bits per heavy atom. The fourth-order valence-electron chi connectivity index (χ4n) is 1.78. The van der Waals surface area contributed by atoms with E-state index in [9.17, 15) is 0 Å². The van der Waals surface area contributed by atoms with Crippen LogP contribution >= 0.6 is 0 Å². The number of nitrogen functional groups attached to an aromatic ring is 1. The van der Waals surface area contributed by atoms with Gasteiger partial charge in [-0.15, -0.1) is 0 Å². The predicted molar refractivity (Wildman–Crippen MR) is 70.1 cm³/mol. The lowest BCUT2D eigenvalue weighted by atomic mass is 10.2. The van der Waals surface area contributed by atoms with Gasteiger partial charge in [-0.3, -0.25) is 5.41 Å². The second-order valence-electron chi connectivity index (χ2n) is 4.06. The molecule has 19 heavy (non-hydrogen) atoms. The highest BCUT2D eigenvalue weighted by atomic mass is 16.7. The summed E-state index contributed by atoms with van der Waals surface area (Å²) < 4.78 is 16.2. The monoisotopic (exact) mass is 256 g/mol. The van der Waals surface area contributed by atoms with Gasteiger partial charge in [0.1, 0.15) is 17.3 Å². The summed E-state index contributed by atoms with van der Waals surface area (Å²) in [4.78, 5) is 0. The average Bonchev–Trinajstić information content (AvgIpc) is 2.87. The Morgan fingerprint density at radius 2 is 1.68 bits per heavy atom. The summed E-state index contributed by atoms with van der Waals surface area (Å²) >= 11 is 0. The van der Waals surface area contributed by atoms with E-state index in [-0.39, 0.29) is 12.6 Å². The number of nitrogens with one attached hydrogen (secondary N) is 1. The van der Waals surface area contributed by atoms with Crippen molar-refractivity contribution in [1.29, 1.82) is 5.41 Å². The van der Waals surface area contributed by atoms with Crippen molar-refractivity contribution in [3.63, 3.8) is 0 Å². The Hall–Kier alpha value is -2.69. The summed E-state index contributed by atoms with van der Waals surface area (Å²) in [7, 11) is 0. The van der Waals surface area contributed by atoms with Crippen LogP contribution in [0, 0.1) is 5.41 Å². The average molecular weight is 256 g/mol. The number of ether oxygens (including phenoxy) is 3. The van der Waals surface area contributed by atoms with E-state index in [1.807, 2.05) is 12.1 Å². The standard InChI is InChI=1S/C14H12N2O3/c15-14(16)9-1-3-10(4-2-9)19-11-5-6-12-13(7-11)18-8-17-12/h1-7H,8H2,(H3,15,16). The number of fused-ring (bicyclic) bond motifs is 1. The van der Waals surface area contributed by atoms with Crippen molar-refractivity contribution in [2.24, 2.45) is 5.73 Å². The summed E-state index contributed by atoms with van der Waals surface area (Å²) in [6.07, 6.45) is 0. The molecular formula is C14H12N2O3. The maximum absolute atomic E-state index is 7.32. The van der Waals surface area contributed by atoms with Crippen molar-refractivity contribution in [2.45, 2.75) is 0 Å². The predicted octanol–water partition coefficient (Wildman–Crippen LogP) is 2.49. The van der Waals surface area contributed by atoms with E-state index in [1.54, 1.807) is 30.3 Å². The topological polar surface area (TPSA) is 77.6 Å². The number of nitrogens with two attached hydrogens (primary N) is 1. The first-order valence-corrected chi connectivity index (χ1v) is 5.74. The van der Waals surface area contributed by atoms with Gasteiger partial charge in [0.2, 0.25) is 6.79 Å². The molecule has 1 aliphatic heterocycles. The zero-order valence-electron chi connectivity index (χ0n) is 10.1. The van der Waals surface area contributed by atoms with Crippen LogP contribution in [0.2, 0.25) is 0 Å². The SMILES string of the molecule is N=C(N)c1ccc(Oc2ccc3c(c2)OCO3)cc1. The molecule has 0 radical (unpaired) electrons.